The fourth-order valence-electron chi connectivity index (χ4n) is 0.893. The first kappa shape index (κ1) is 12.6. The van der Waals surface area contributed by atoms with E-state index in [0.717, 1.165) is 0 Å². The lowest BCUT2D eigenvalue weighted by Crippen LogP contribution is -2.47. The van der Waals surface area contributed by atoms with Crippen LogP contribution in [0.3, 0.4) is 0 Å². The van der Waals surface area contributed by atoms with E-state index in [1.807, 2.05) is 0 Å². The molecule has 0 bridgehead atoms. The van der Waals surface area contributed by atoms with E-state index in [4.69, 9.17) is 10.2 Å². The third kappa shape index (κ3) is 2.51. The van der Waals surface area contributed by atoms with Crippen LogP contribution < -0.4 is 0 Å². The number of aliphatic hydroxyl groups excluding tert-OH is 1. The van der Waals surface area contributed by atoms with Crippen molar-refractivity contribution in [2.24, 2.45) is 5.41 Å². The predicted molar refractivity (Wildman–Crippen MR) is 50.8 cm³/mol. The number of aliphatic hydroxyl groups is 1. The fourth-order valence-corrected chi connectivity index (χ4v) is 1.33. The molecule has 0 amide bonds. The molecule has 0 aromatic carbocycles. The minimum atomic E-state index is -1.73. The number of halogens is 1. The molecule has 0 rings (SSSR count). The monoisotopic (exact) mass is 252 g/mol. The van der Waals surface area contributed by atoms with Crippen molar-refractivity contribution >= 4 is 27.7 Å². The van der Waals surface area contributed by atoms with Crippen LogP contribution in [0.1, 0.15) is 20.8 Å². The molecule has 0 fully saturated rings. The average molecular weight is 253 g/mol. The third-order valence-electron chi connectivity index (χ3n) is 1.83. The summed E-state index contributed by atoms with van der Waals surface area (Å²) in [7, 11) is 0. The molecule has 1 atom stereocenters. The number of rotatable bonds is 4. The van der Waals surface area contributed by atoms with Crippen LogP contribution in [0.25, 0.3) is 0 Å². The molecule has 0 aromatic heterocycles. The van der Waals surface area contributed by atoms with E-state index >= 15 is 0 Å². The first-order valence-electron chi connectivity index (χ1n) is 3.74. The third-order valence-corrected chi connectivity index (χ3v) is 2.19. The summed E-state index contributed by atoms with van der Waals surface area (Å²) in [5.41, 5.74) is -1.73. The van der Waals surface area contributed by atoms with Gasteiger partial charge in [0.2, 0.25) is 0 Å². The second-order valence-electron chi connectivity index (χ2n) is 3.60. The van der Waals surface area contributed by atoms with Gasteiger partial charge in [-0.2, -0.15) is 0 Å². The van der Waals surface area contributed by atoms with Gasteiger partial charge in [-0.25, -0.2) is 0 Å². The lowest BCUT2D eigenvalue weighted by atomic mass is 9.81. The molecule has 0 aliphatic carbocycles. The number of ketones is 1. The summed E-state index contributed by atoms with van der Waals surface area (Å²) in [6, 6.07) is 0. The summed E-state index contributed by atoms with van der Waals surface area (Å²) in [5.74, 6) is -1.86. The smallest absolute Gasteiger partial charge is 0.319 e. The van der Waals surface area contributed by atoms with E-state index in [1.165, 1.54) is 6.92 Å². The zero-order valence-corrected chi connectivity index (χ0v) is 9.38. The lowest BCUT2D eigenvalue weighted by Gasteiger charge is -2.27. The van der Waals surface area contributed by atoms with E-state index in [9.17, 15) is 9.59 Å². The topological polar surface area (TPSA) is 74.6 Å². The molecule has 0 saturated carbocycles. The molecule has 4 nitrogen and oxygen atoms in total. The molecule has 0 radical (unpaired) electrons. The van der Waals surface area contributed by atoms with Gasteiger partial charge in [0.1, 0.15) is 5.41 Å². The quantitative estimate of drug-likeness (QED) is 0.574. The number of carbonyl (C=O) groups excluding carboxylic acids is 1. The number of hydrogen-bond donors (Lipinski definition) is 2. The Kier molecular flexibility index (Phi) is 3.63. The van der Waals surface area contributed by atoms with E-state index in [1.54, 1.807) is 13.8 Å². The molecule has 0 aromatic rings. The number of hydrogen-bond acceptors (Lipinski definition) is 3. The lowest BCUT2D eigenvalue weighted by molar-refractivity contribution is -0.157. The van der Waals surface area contributed by atoms with Gasteiger partial charge in [-0.3, -0.25) is 9.59 Å². The Morgan fingerprint density at radius 3 is 1.77 bits per heavy atom. The zero-order valence-electron chi connectivity index (χ0n) is 7.80. The number of carboxylic acid groups (broad SMARTS) is 1. The van der Waals surface area contributed by atoms with Crippen LogP contribution in [0.4, 0.5) is 0 Å². The largest absolute Gasteiger partial charge is 0.480 e. The van der Waals surface area contributed by atoms with Crippen molar-refractivity contribution in [2.45, 2.75) is 25.1 Å². The van der Waals surface area contributed by atoms with Crippen molar-refractivity contribution in [1.82, 2.24) is 0 Å². The molecule has 5 heteroatoms. The minimum absolute atomic E-state index is 0.546. The number of carboxylic acids is 1. The van der Waals surface area contributed by atoms with Gasteiger partial charge in [-0.15, -0.1) is 0 Å². The molecule has 0 aliphatic rings. The summed E-state index contributed by atoms with van der Waals surface area (Å²) in [6.07, 6.45) is 0. The van der Waals surface area contributed by atoms with Gasteiger partial charge in [-0.05, 0) is 20.8 Å². The predicted octanol–water partition coefficient (Wildman–Crippen LogP) is 0.812. The van der Waals surface area contributed by atoms with Crippen molar-refractivity contribution < 1.29 is 19.8 Å². The molecular weight excluding hydrogens is 240 g/mol. The van der Waals surface area contributed by atoms with E-state index in [2.05, 4.69) is 15.9 Å². The summed E-state index contributed by atoms with van der Waals surface area (Å²) >= 11 is 3.06. The molecule has 1 unspecified atom stereocenters. The van der Waals surface area contributed by atoms with E-state index in [0.29, 0.717) is 0 Å². The van der Waals surface area contributed by atoms with Gasteiger partial charge >= 0.3 is 5.97 Å². The molecular formula is C8H13BrO4. The Balaban J connectivity index is 5.01. The van der Waals surface area contributed by atoms with E-state index in [-0.39, 0.29) is 0 Å². The standard InChI is InChI=1S/C8H13BrO4/c1-7(2,9)5(11)8(3,4-10)6(12)13/h10H,4H2,1-3H3,(H,12,13). The maximum Gasteiger partial charge on any atom is 0.319 e. The maximum atomic E-state index is 11.6. The van der Waals surface area contributed by atoms with Crippen LogP contribution in [0.5, 0.6) is 0 Å². The first-order valence-corrected chi connectivity index (χ1v) is 4.53. The van der Waals surface area contributed by atoms with Crippen molar-refractivity contribution in [3.8, 4) is 0 Å². The Labute approximate surface area is 85.1 Å². The molecule has 0 aliphatic heterocycles. The summed E-state index contributed by atoms with van der Waals surface area (Å²) in [4.78, 5) is 22.3. The first-order chi connectivity index (χ1) is 5.66. The van der Waals surface area contributed by atoms with Crippen LogP contribution >= 0.6 is 15.9 Å². The molecule has 0 heterocycles. The van der Waals surface area contributed by atoms with Gasteiger partial charge < -0.3 is 10.2 Å². The van der Waals surface area contributed by atoms with Crippen LogP contribution in [0, 0.1) is 5.41 Å². The van der Waals surface area contributed by atoms with Crippen LogP contribution in [0.15, 0.2) is 0 Å². The normalized spacial score (nSPS) is 16.4. The number of alkyl halides is 1. The van der Waals surface area contributed by atoms with Crippen molar-refractivity contribution in [1.29, 1.82) is 0 Å². The summed E-state index contributed by atoms with van der Waals surface area (Å²) < 4.78 is -0.942. The Hall–Kier alpha value is -0.420. The maximum absolute atomic E-state index is 11.6. The van der Waals surface area contributed by atoms with Crippen molar-refractivity contribution in [3.05, 3.63) is 0 Å². The van der Waals surface area contributed by atoms with Crippen LogP contribution in [0.2, 0.25) is 0 Å². The molecule has 13 heavy (non-hydrogen) atoms. The van der Waals surface area contributed by atoms with Crippen molar-refractivity contribution in [2.75, 3.05) is 6.61 Å². The summed E-state index contributed by atoms with van der Waals surface area (Å²) in [5, 5.41) is 17.6. The summed E-state index contributed by atoms with van der Waals surface area (Å²) in [6.45, 7) is 3.61. The van der Waals surface area contributed by atoms with Crippen molar-refractivity contribution in [3.63, 3.8) is 0 Å². The number of aliphatic carboxylic acids is 1. The second kappa shape index (κ2) is 3.75. The van der Waals surface area contributed by atoms with Gasteiger partial charge in [-0.1, -0.05) is 15.9 Å². The number of carbonyl (C=O) groups is 2. The molecule has 2 N–H and O–H groups in total. The highest BCUT2D eigenvalue weighted by molar-refractivity contribution is 9.10. The van der Waals surface area contributed by atoms with Gasteiger partial charge in [0, 0.05) is 0 Å². The zero-order chi connectivity index (χ0) is 10.9. The molecule has 0 saturated heterocycles. The Bertz CT molecular complexity index is 231. The van der Waals surface area contributed by atoms with Gasteiger partial charge in [0.25, 0.3) is 0 Å². The SMILES string of the molecule is CC(C)(Br)C(=O)C(C)(CO)C(=O)O. The fraction of sp³-hybridized carbons (Fsp3) is 0.750. The average Bonchev–Trinajstić information content (AvgIpc) is 1.99. The van der Waals surface area contributed by atoms with Gasteiger partial charge in [0.15, 0.2) is 5.78 Å². The molecule has 0 spiro atoms. The highest BCUT2D eigenvalue weighted by Gasteiger charge is 2.46. The number of Topliss-reactive ketones (excluding diaryl/α,β-unsaturated/α-hetero) is 1. The minimum Gasteiger partial charge on any atom is -0.480 e. The highest BCUT2D eigenvalue weighted by Crippen LogP contribution is 2.29. The Morgan fingerprint density at radius 1 is 1.31 bits per heavy atom. The highest BCUT2D eigenvalue weighted by atomic mass is 79.9. The van der Waals surface area contributed by atoms with Crippen LogP contribution in [-0.2, 0) is 9.59 Å². The second-order valence-corrected chi connectivity index (χ2v) is 5.58. The van der Waals surface area contributed by atoms with E-state index < -0.39 is 28.1 Å². The van der Waals surface area contributed by atoms with Gasteiger partial charge in [0.05, 0.1) is 10.9 Å². The Morgan fingerprint density at radius 2 is 1.69 bits per heavy atom. The van der Waals surface area contributed by atoms with Crippen LogP contribution in [-0.4, -0.2) is 32.9 Å². The molecule has 76 valence electrons.